The second-order valence-electron chi connectivity index (χ2n) is 18.4. The fourth-order valence-electron chi connectivity index (χ4n) is 10.4. The van der Waals surface area contributed by atoms with E-state index in [1.54, 1.807) is 0 Å². The minimum Gasteiger partial charge on any atom is -0.224 e. The van der Waals surface area contributed by atoms with Gasteiger partial charge in [-0.1, -0.05) is 217 Å². The molecule has 1 aromatic heterocycles. The Kier molecular flexibility index (Phi) is 8.63. The fraction of sp³-hybridized carbons (Fsp3) is 0.136. The number of aromatic nitrogens is 3. The van der Waals surface area contributed by atoms with Crippen molar-refractivity contribution in [2.45, 2.75) is 50.9 Å². The predicted molar refractivity (Wildman–Crippen MR) is 255 cm³/mol. The first-order valence-electron chi connectivity index (χ1n) is 21.7. The van der Waals surface area contributed by atoms with Crippen LogP contribution in [0.5, 0.6) is 0 Å². The first-order chi connectivity index (χ1) is 30.1. The van der Waals surface area contributed by atoms with E-state index in [2.05, 4.69) is 229 Å². The molecule has 0 unspecified atom stereocenters. The van der Waals surface area contributed by atoms with Crippen LogP contribution in [0.1, 0.15) is 73.6 Å². The molecule has 0 bridgehead atoms. The van der Waals surface area contributed by atoms with Crippen molar-refractivity contribution in [1.82, 2.24) is 15.2 Å². The smallest absolute Gasteiger partial charge is 0.182 e. The zero-order valence-corrected chi connectivity index (χ0v) is 35.8. The summed E-state index contributed by atoms with van der Waals surface area (Å²) in [6, 6.07) is 70.8. The Balaban J connectivity index is 1.12. The highest BCUT2D eigenvalue weighted by molar-refractivity contribution is 5.91. The minimum absolute atomic E-state index is 0.0360. The lowest BCUT2D eigenvalue weighted by molar-refractivity contribution is 0.563. The van der Waals surface area contributed by atoms with Crippen LogP contribution in [0.2, 0.25) is 0 Å². The van der Waals surface area contributed by atoms with Crippen molar-refractivity contribution in [3.8, 4) is 67.3 Å². The molecular formula is C59H47N3. The summed E-state index contributed by atoms with van der Waals surface area (Å²) < 4.78 is 0. The predicted octanol–water partition coefficient (Wildman–Crippen LogP) is 14.5. The van der Waals surface area contributed by atoms with Crippen LogP contribution >= 0.6 is 0 Å². The van der Waals surface area contributed by atoms with E-state index in [0.29, 0.717) is 5.82 Å². The van der Waals surface area contributed by atoms with E-state index in [0.717, 1.165) is 50.3 Å². The summed E-state index contributed by atoms with van der Waals surface area (Å²) in [4.78, 5) is 5.40. The Morgan fingerprint density at radius 3 is 1.55 bits per heavy atom. The third kappa shape index (κ3) is 5.75. The van der Waals surface area contributed by atoms with Gasteiger partial charge < -0.3 is 0 Å². The summed E-state index contributed by atoms with van der Waals surface area (Å²) in [5.74, 6) is 0.599. The van der Waals surface area contributed by atoms with Crippen LogP contribution in [0, 0.1) is 0 Å². The molecular weight excluding hydrogens is 751 g/mol. The van der Waals surface area contributed by atoms with Crippen molar-refractivity contribution in [3.63, 3.8) is 0 Å². The van der Waals surface area contributed by atoms with Crippen molar-refractivity contribution < 1.29 is 0 Å². The molecule has 0 aliphatic heterocycles. The quantitative estimate of drug-likeness (QED) is 0.174. The van der Waals surface area contributed by atoms with E-state index in [9.17, 15) is 0 Å². The molecule has 0 radical (unpaired) electrons. The van der Waals surface area contributed by atoms with E-state index in [1.165, 1.54) is 50.1 Å². The van der Waals surface area contributed by atoms with Crippen LogP contribution in [0.25, 0.3) is 67.3 Å². The molecule has 0 saturated carbocycles. The normalized spacial score (nSPS) is 14.1. The molecule has 62 heavy (non-hydrogen) atoms. The van der Waals surface area contributed by atoms with Gasteiger partial charge in [0.05, 0.1) is 5.41 Å². The monoisotopic (exact) mass is 797 g/mol. The van der Waals surface area contributed by atoms with E-state index < -0.39 is 5.41 Å². The molecule has 8 aromatic carbocycles. The highest BCUT2D eigenvalue weighted by atomic mass is 15.2. The Morgan fingerprint density at radius 2 is 0.871 bits per heavy atom. The maximum Gasteiger partial charge on any atom is 0.182 e. The number of hydrogen-bond donors (Lipinski definition) is 0. The van der Waals surface area contributed by atoms with Gasteiger partial charge in [-0.05, 0) is 89.9 Å². The van der Waals surface area contributed by atoms with Crippen molar-refractivity contribution in [1.29, 1.82) is 0 Å². The lowest BCUT2D eigenvalue weighted by Crippen LogP contribution is -2.40. The van der Waals surface area contributed by atoms with Gasteiger partial charge in [0, 0.05) is 22.1 Å². The molecule has 0 amide bonds. The minimum atomic E-state index is -0.468. The van der Waals surface area contributed by atoms with Crippen molar-refractivity contribution in [2.75, 3.05) is 0 Å². The fourth-order valence-corrected chi connectivity index (χ4v) is 10.4. The zero-order chi connectivity index (χ0) is 42.2. The molecule has 0 saturated heterocycles. The molecule has 1 spiro atoms. The van der Waals surface area contributed by atoms with Gasteiger partial charge in [-0.3, -0.25) is 0 Å². The highest BCUT2D eigenvalue weighted by Gasteiger charge is 2.53. The van der Waals surface area contributed by atoms with Gasteiger partial charge in [0.2, 0.25) is 0 Å². The third-order valence-corrected chi connectivity index (χ3v) is 13.5. The SMILES string of the molecule is CC(C)(C)c1ccc(-c2nnc(-c3ccccc3-c3ccccc3)c(-c3cccc(-c4ccc5c(c4)C4(c6ccccc6-c6ccccc64)c4ccccc4C5(C)C)c3)n2)cc1. The lowest BCUT2D eigenvalue weighted by atomic mass is 9.55. The highest BCUT2D eigenvalue weighted by Crippen LogP contribution is 2.62. The van der Waals surface area contributed by atoms with E-state index in [4.69, 9.17) is 15.2 Å². The van der Waals surface area contributed by atoms with Gasteiger partial charge in [-0.2, -0.15) is 0 Å². The lowest BCUT2D eigenvalue weighted by Gasteiger charge is -2.46. The number of hydrogen-bond acceptors (Lipinski definition) is 3. The zero-order valence-electron chi connectivity index (χ0n) is 35.8. The molecule has 298 valence electrons. The standard InChI is InChI=1S/C59H47N3/c1-57(2,3)43-33-30-39(31-34-43)56-60-54(55(61-62-56)47-25-10-9-22-44(47)38-18-7-6-8-19-38)42-21-17-20-40(36-42)41-32-35-51-53(37-41)59(52-29-16-15-28-50(52)58(51,4)5)48-26-13-11-23-45(48)46-24-12-14-27-49(46)59/h6-37H,1-5H3. The van der Waals surface area contributed by atoms with Crippen molar-refractivity contribution >= 4 is 0 Å². The summed E-state index contributed by atoms with van der Waals surface area (Å²) in [5.41, 5.74) is 20.3. The van der Waals surface area contributed by atoms with E-state index in [-0.39, 0.29) is 10.8 Å². The summed E-state index contributed by atoms with van der Waals surface area (Å²) in [6.45, 7) is 11.5. The molecule has 0 N–H and O–H groups in total. The number of fused-ring (bicyclic) bond motifs is 9. The van der Waals surface area contributed by atoms with Crippen LogP contribution in [0.4, 0.5) is 0 Å². The molecule has 2 aliphatic rings. The van der Waals surface area contributed by atoms with Crippen LogP contribution in [0.3, 0.4) is 0 Å². The van der Waals surface area contributed by atoms with Gasteiger partial charge >= 0.3 is 0 Å². The van der Waals surface area contributed by atoms with Crippen LogP contribution in [-0.2, 0) is 16.2 Å². The molecule has 3 nitrogen and oxygen atoms in total. The number of rotatable bonds is 5. The first-order valence-corrected chi connectivity index (χ1v) is 21.7. The van der Waals surface area contributed by atoms with Gasteiger partial charge in [-0.15, -0.1) is 10.2 Å². The average molecular weight is 798 g/mol. The largest absolute Gasteiger partial charge is 0.224 e. The van der Waals surface area contributed by atoms with Gasteiger partial charge in [0.25, 0.3) is 0 Å². The molecule has 3 heteroatoms. The Labute approximate surface area is 364 Å². The number of nitrogens with zero attached hydrogens (tertiary/aromatic N) is 3. The summed E-state index contributed by atoms with van der Waals surface area (Å²) in [6.07, 6.45) is 0. The topological polar surface area (TPSA) is 38.7 Å². The molecule has 0 fully saturated rings. The Hall–Kier alpha value is -7.23. The molecule has 9 aromatic rings. The van der Waals surface area contributed by atoms with Crippen LogP contribution < -0.4 is 0 Å². The van der Waals surface area contributed by atoms with Crippen LogP contribution in [-0.4, -0.2) is 15.2 Å². The summed E-state index contributed by atoms with van der Waals surface area (Å²) >= 11 is 0. The Bertz CT molecular complexity index is 3140. The molecule has 0 atom stereocenters. The van der Waals surface area contributed by atoms with Crippen molar-refractivity contribution in [2.24, 2.45) is 0 Å². The molecule has 11 rings (SSSR count). The second kappa shape index (κ2) is 14.2. The Morgan fingerprint density at radius 1 is 0.355 bits per heavy atom. The summed E-state index contributed by atoms with van der Waals surface area (Å²) in [5, 5.41) is 9.85. The van der Waals surface area contributed by atoms with E-state index >= 15 is 0 Å². The molecule has 1 heterocycles. The number of benzene rings is 8. The second-order valence-corrected chi connectivity index (χ2v) is 18.4. The van der Waals surface area contributed by atoms with Gasteiger partial charge in [0.1, 0.15) is 11.4 Å². The van der Waals surface area contributed by atoms with Crippen molar-refractivity contribution in [3.05, 3.63) is 233 Å². The third-order valence-electron chi connectivity index (χ3n) is 13.5. The maximum atomic E-state index is 5.40. The average Bonchev–Trinajstić information content (AvgIpc) is 3.61. The molecule has 2 aliphatic carbocycles. The first kappa shape index (κ1) is 37.7. The maximum absolute atomic E-state index is 5.40. The summed E-state index contributed by atoms with van der Waals surface area (Å²) in [7, 11) is 0. The van der Waals surface area contributed by atoms with Gasteiger partial charge in [-0.25, -0.2) is 4.98 Å². The van der Waals surface area contributed by atoms with E-state index in [1.807, 2.05) is 0 Å². The van der Waals surface area contributed by atoms with Crippen LogP contribution in [0.15, 0.2) is 194 Å². The van der Waals surface area contributed by atoms with Gasteiger partial charge in [0.15, 0.2) is 5.82 Å².